The van der Waals surface area contributed by atoms with Gasteiger partial charge in [-0.2, -0.15) is 26.3 Å². The quantitative estimate of drug-likeness (QED) is 0.493. The van der Waals surface area contributed by atoms with Crippen LogP contribution in [0.2, 0.25) is 0 Å². The zero-order valence-electron chi connectivity index (χ0n) is 19.8. The van der Waals surface area contributed by atoms with Crippen molar-refractivity contribution < 1.29 is 50.9 Å². The molecular weight excluding hydrogens is 528 g/mol. The first kappa shape index (κ1) is 30.8. The third-order valence-corrected chi connectivity index (χ3v) is 5.56. The molecule has 0 amide bonds. The number of pyridine rings is 2. The lowest BCUT2D eigenvalue weighted by molar-refractivity contribution is -0.193. The van der Waals surface area contributed by atoms with Crippen molar-refractivity contribution >= 4 is 11.9 Å². The van der Waals surface area contributed by atoms with Crippen LogP contribution in [-0.4, -0.2) is 69.4 Å². The van der Waals surface area contributed by atoms with Gasteiger partial charge in [-0.25, -0.2) is 9.59 Å². The summed E-state index contributed by atoms with van der Waals surface area (Å²) in [6.07, 6.45) is -2.50. The van der Waals surface area contributed by atoms with Crippen LogP contribution in [0.3, 0.4) is 0 Å². The highest BCUT2D eigenvalue weighted by atomic mass is 19.4. The van der Waals surface area contributed by atoms with Crippen molar-refractivity contribution in [1.29, 1.82) is 0 Å². The molecule has 0 radical (unpaired) electrons. The molecule has 3 N–H and O–H groups in total. The molecule has 15 heteroatoms. The Kier molecular flexibility index (Phi) is 10.8. The smallest absolute Gasteiger partial charge is 0.475 e. The van der Waals surface area contributed by atoms with E-state index in [1.165, 1.54) is 11.3 Å². The van der Waals surface area contributed by atoms with Gasteiger partial charge in [0.25, 0.3) is 5.56 Å². The summed E-state index contributed by atoms with van der Waals surface area (Å²) < 4.78 is 70.9. The Bertz CT molecular complexity index is 1110. The van der Waals surface area contributed by atoms with E-state index in [1.807, 2.05) is 22.8 Å². The van der Waals surface area contributed by atoms with Gasteiger partial charge in [0.2, 0.25) is 0 Å². The molecule has 1 saturated heterocycles. The van der Waals surface area contributed by atoms with Gasteiger partial charge in [-0.1, -0.05) is 6.07 Å². The fourth-order valence-electron chi connectivity index (χ4n) is 3.81. The van der Waals surface area contributed by atoms with Gasteiger partial charge in [-0.05, 0) is 48.9 Å². The molecule has 1 aliphatic heterocycles. The fraction of sp³-hybridized carbons (Fsp3) is 0.478. The van der Waals surface area contributed by atoms with E-state index < -0.39 is 24.3 Å². The summed E-state index contributed by atoms with van der Waals surface area (Å²) >= 11 is 0. The number of aliphatic carboxylic acids is 2. The lowest BCUT2D eigenvalue weighted by Gasteiger charge is -2.29. The maximum absolute atomic E-state index is 12.4. The van der Waals surface area contributed by atoms with E-state index in [9.17, 15) is 31.1 Å². The normalized spacial score (nSPS) is 18.8. The maximum atomic E-state index is 12.4. The minimum atomic E-state index is -5.08. The van der Waals surface area contributed by atoms with E-state index >= 15 is 0 Å². The highest BCUT2D eigenvalue weighted by Gasteiger charge is 2.38. The van der Waals surface area contributed by atoms with Crippen LogP contribution in [0.5, 0.6) is 0 Å². The number of carboxylic acids is 2. The third kappa shape index (κ3) is 9.78. The number of fused-ring (bicyclic) bond motifs is 1. The monoisotopic (exact) mass is 553 g/mol. The van der Waals surface area contributed by atoms with Crippen molar-refractivity contribution in [2.75, 3.05) is 13.2 Å². The molecule has 2 atom stereocenters. The van der Waals surface area contributed by atoms with Crippen LogP contribution in [0.15, 0.2) is 41.5 Å². The summed E-state index contributed by atoms with van der Waals surface area (Å²) in [5.41, 5.74) is 3.69. The van der Waals surface area contributed by atoms with Gasteiger partial charge in [0, 0.05) is 42.8 Å². The van der Waals surface area contributed by atoms with Crippen molar-refractivity contribution in [2.45, 2.75) is 56.7 Å². The zero-order chi connectivity index (χ0) is 28.5. The topological polar surface area (TPSA) is 131 Å². The van der Waals surface area contributed by atoms with Gasteiger partial charge in [0.15, 0.2) is 0 Å². The van der Waals surface area contributed by atoms with E-state index in [4.69, 9.17) is 24.5 Å². The Morgan fingerprint density at radius 3 is 2.05 bits per heavy atom. The predicted octanol–water partition coefficient (Wildman–Crippen LogP) is 2.79. The van der Waals surface area contributed by atoms with Crippen LogP contribution in [0.4, 0.5) is 26.3 Å². The Morgan fingerprint density at radius 2 is 1.55 bits per heavy atom. The summed E-state index contributed by atoms with van der Waals surface area (Å²) in [6.45, 7) is 2.32. The van der Waals surface area contributed by atoms with Gasteiger partial charge in [-0.3, -0.25) is 9.78 Å². The second-order valence-electron chi connectivity index (χ2n) is 8.36. The summed E-state index contributed by atoms with van der Waals surface area (Å²) in [5.74, 6) is -5.51. The van der Waals surface area contributed by atoms with Crippen molar-refractivity contribution in [3.63, 3.8) is 0 Å². The number of rotatable bonds is 4. The third-order valence-electron chi connectivity index (χ3n) is 5.56. The first-order chi connectivity index (χ1) is 17.7. The largest absolute Gasteiger partial charge is 0.490 e. The number of carbonyl (C=O) groups is 2. The Labute approximate surface area is 212 Å². The molecule has 4 rings (SSSR count). The van der Waals surface area contributed by atoms with Crippen molar-refractivity contribution in [2.24, 2.45) is 0 Å². The molecule has 1 aliphatic carbocycles. The Morgan fingerprint density at radius 1 is 0.974 bits per heavy atom. The van der Waals surface area contributed by atoms with Crippen LogP contribution < -0.4 is 10.9 Å². The second-order valence-corrected chi connectivity index (χ2v) is 8.36. The van der Waals surface area contributed by atoms with Gasteiger partial charge in [-0.15, -0.1) is 0 Å². The number of ether oxygens (including phenoxy) is 1. The molecule has 38 heavy (non-hydrogen) atoms. The number of halogens is 6. The van der Waals surface area contributed by atoms with E-state index in [2.05, 4.69) is 10.3 Å². The summed E-state index contributed by atoms with van der Waals surface area (Å²) in [6, 6.07) is 8.63. The van der Waals surface area contributed by atoms with Gasteiger partial charge >= 0.3 is 24.3 Å². The molecule has 0 bridgehead atoms. The number of aromatic nitrogens is 2. The molecule has 2 aliphatic rings. The number of nitrogens with zero attached hydrogens (tertiary/aromatic N) is 2. The molecule has 2 aromatic heterocycles. The minimum absolute atomic E-state index is 0.0844. The first-order valence-corrected chi connectivity index (χ1v) is 11.2. The number of hydrogen-bond acceptors (Lipinski definition) is 6. The van der Waals surface area contributed by atoms with Crippen molar-refractivity contribution in [3.05, 3.63) is 63.8 Å². The average Bonchev–Trinajstić information content (AvgIpc) is 3.34. The minimum Gasteiger partial charge on any atom is -0.475 e. The standard InChI is InChI=1S/C19H23N3O2.2C2HF3O2/c23-19-4-1-15-11-16(21-17-7-10-24-13-17)2-3-18(15)22(19)12-14-5-8-20-9-6-14;2*3-2(4,5)1(6)7/h1,4-6,8-9,16-17,21H,2-3,7,10-13H2;2*(H,6,7). The first-order valence-electron chi connectivity index (χ1n) is 11.2. The molecule has 210 valence electrons. The van der Waals surface area contributed by atoms with Crippen LogP contribution in [0.1, 0.15) is 29.7 Å². The number of alkyl halides is 6. The Hall–Kier alpha value is -3.46. The van der Waals surface area contributed by atoms with E-state index in [0.717, 1.165) is 44.5 Å². The maximum Gasteiger partial charge on any atom is 0.490 e. The van der Waals surface area contributed by atoms with E-state index in [0.29, 0.717) is 18.6 Å². The molecule has 3 heterocycles. The van der Waals surface area contributed by atoms with E-state index in [1.54, 1.807) is 18.5 Å². The lowest BCUT2D eigenvalue weighted by Crippen LogP contribution is -2.43. The van der Waals surface area contributed by atoms with Crippen molar-refractivity contribution in [1.82, 2.24) is 14.9 Å². The van der Waals surface area contributed by atoms with Gasteiger partial charge < -0.3 is 24.8 Å². The molecule has 0 spiro atoms. The SMILES string of the molecule is O=C(O)C(F)(F)F.O=C(O)C(F)(F)F.O=c1ccc2c(n1Cc1ccncc1)CCC(NC1CCOC1)C2. The summed E-state index contributed by atoms with van der Waals surface area (Å²) in [5, 5.41) is 18.0. The molecule has 0 aromatic carbocycles. The lowest BCUT2D eigenvalue weighted by atomic mass is 9.90. The fourth-order valence-corrected chi connectivity index (χ4v) is 3.81. The highest BCUT2D eigenvalue weighted by molar-refractivity contribution is 5.73. The summed E-state index contributed by atoms with van der Waals surface area (Å²) in [7, 11) is 0. The molecule has 2 unspecified atom stereocenters. The highest BCUT2D eigenvalue weighted by Crippen LogP contribution is 2.22. The number of hydrogen-bond donors (Lipinski definition) is 3. The van der Waals surface area contributed by atoms with Crippen molar-refractivity contribution in [3.8, 4) is 0 Å². The van der Waals surface area contributed by atoms with E-state index in [-0.39, 0.29) is 5.56 Å². The average molecular weight is 553 g/mol. The predicted molar refractivity (Wildman–Crippen MR) is 120 cm³/mol. The number of nitrogens with one attached hydrogen (secondary N) is 1. The molecular formula is C23H25F6N3O6. The Balaban J connectivity index is 0.000000301. The second kappa shape index (κ2) is 13.4. The summed E-state index contributed by atoms with van der Waals surface area (Å²) in [4.78, 5) is 34.2. The van der Waals surface area contributed by atoms with Gasteiger partial charge in [0.1, 0.15) is 0 Å². The van der Waals surface area contributed by atoms with Gasteiger partial charge in [0.05, 0.1) is 13.2 Å². The van der Waals surface area contributed by atoms with Crippen LogP contribution in [0.25, 0.3) is 0 Å². The van der Waals surface area contributed by atoms with Crippen LogP contribution in [0, 0.1) is 0 Å². The van der Waals surface area contributed by atoms with Crippen LogP contribution >= 0.6 is 0 Å². The molecule has 2 aromatic rings. The number of carboxylic acid groups (broad SMARTS) is 2. The molecule has 9 nitrogen and oxygen atoms in total. The van der Waals surface area contributed by atoms with Crippen LogP contribution in [-0.2, 0) is 33.7 Å². The zero-order valence-corrected chi connectivity index (χ0v) is 19.8. The molecule has 0 saturated carbocycles. The molecule has 1 fully saturated rings.